The maximum absolute atomic E-state index is 12.0. The Kier molecular flexibility index (Phi) is 5.01. The van der Waals surface area contributed by atoms with Crippen molar-refractivity contribution in [2.24, 2.45) is 5.92 Å². The lowest BCUT2D eigenvalue weighted by Crippen LogP contribution is -2.41. The number of hydrogen-bond acceptors (Lipinski definition) is 3. The smallest absolute Gasteiger partial charge is 0.260 e. The van der Waals surface area contributed by atoms with E-state index in [0.717, 1.165) is 25.0 Å². The molecule has 1 saturated carbocycles. The lowest BCUT2D eigenvalue weighted by Gasteiger charge is -2.34. The van der Waals surface area contributed by atoms with E-state index in [-0.39, 0.29) is 18.6 Å². The van der Waals surface area contributed by atoms with Gasteiger partial charge in [0.1, 0.15) is 5.75 Å². The largest absolute Gasteiger partial charge is 0.484 e. The van der Waals surface area contributed by atoms with Crippen molar-refractivity contribution in [3.05, 3.63) is 29.8 Å². The van der Waals surface area contributed by atoms with Crippen LogP contribution in [0.15, 0.2) is 24.3 Å². The molecule has 0 aliphatic heterocycles. The van der Waals surface area contributed by atoms with Crippen LogP contribution < -0.4 is 4.74 Å². The molecule has 1 fully saturated rings. The third kappa shape index (κ3) is 3.97. The molecule has 2 rings (SSSR count). The van der Waals surface area contributed by atoms with Crippen LogP contribution in [0, 0.1) is 5.92 Å². The lowest BCUT2D eigenvalue weighted by atomic mass is 9.82. The zero-order valence-corrected chi connectivity index (χ0v) is 12.2. The first-order chi connectivity index (χ1) is 9.58. The number of aryl methyl sites for hydroxylation is 1. The fourth-order valence-corrected chi connectivity index (χ4v) is 2.45. The predicted molar refractivity (Wildman–Crippen MR) is 77.7 cm³/mol. The molecule has 4 heteroatoms. The molecule has 110 valence electrons. The van der Waals surface area contributed by atoms with Crippen molar-refractivity contribution >= 4 is 5.91 Å². The fraction of sp³-hybridized carbons (Fsp3) is 0.562. The number of carbonyl (C=O) groups excluding carboxylic acids is 1. The maximum atomic E-state index is 12.0. The second-order valence-corrected chi connectivity index (χ2v) is 5.56. The summed E-state index contributed by atoms with van der Waals surface area (Å²) in [5, 5.41) is 9.24. The fourth-order valence-electron chi connectivity index (χ4n) is 2.45. The number of ether oxygens (including phenoxy) is 1. The summed E-state index contributed by atoms with van der Waals surface area (Å²) in [6.07, 6.45) is 2.39. The molecule has 0 saturated heterocycles. The van der Waals surface area contributed by atoms with E-state index >= 15 is 0 Å². The predicted octanol–water partition coefficient (Wildman–Crippen LogP) is 1.86. The highest BCUT2D eigenvalue weighted by atomic mass is 16.5. The third-order valence-corrected chi connectivity index (χ3v) is 3.84. The van der Waals surface area contributed by atoms with Gasteiger partial charge in [-0.1, -0.05) is 19.1 Å². The van der Waals surface area contributed by atoms with Crippen molar-refractivity contribution in [2.45, 2.75) is 32.3 Å². The van der Waals surface area contributed by atoms with Gasteiger partial charge in [-0.25, -0.2) is 0 Å². The van der Waals surface area contributed by atoms with E-state index in [0.29, 0.717) is 12.5 Å². The van der Waals surface area contributed by atoms with Crippen molar-refractivity contribution in [3.63, 3.8) is 0 Å². The summed E-state index contributed by atoms with van der Waals surface area (Å²) < 4.78 is 5.55. The molecule has 1 N–H and O–H groups in total. The SMILES string of the molecule is CCc1cccc(OCC(=O)N(C)CC2CC(O)C2)c1. The number of nitrogens with zero attached hydrogens (tertiary/aromatic N) is 1. The van der Waals surface area contributed by atoms with Crippen LogP contribution in [0.25, 0.3) is 0 Å². The van der Waals surface area contributed by atoms with E-state index < -0.39 is 0 Å². The van der Waals surface area contributed by atoms with Crippen LogP contribution in [0.3, 0.4) is 0 Å². The molecule has 1 amide bonds. The first-order valence-corrected chi connectivity index (χ1v) is 7.22. The molecule has 1 aromatic carbocycles. The molecule has 4 nitrogen and oxygen atoms in total. The van der Waals surface area contributed by atoms with Crippen LogP contribution in [-0.4, -0.2) is 42.2 Å². The Bertz CT molecular complexity index is 455. The number of aliphatic hydroxyl groups is 1. The number of likely N-dealkylation sites (N-methyl/N-ethyl adjacent to an activating group) is 1. The molecule has 0 unspecified atom stereocenters. The van der Waals surface area contributed by atoms with Crippen molar-refractivity contribution in [2.75, 3.05) is 20.2 Å². The summed E-state index contributed by atoms with van der Waals surface area (Å²) in [7, 11) is 1.79. The highest BCUT2D eigenvalue weighted by molar-refractivity contribution is 5.77. The number of carbonyl (C=O) groups is 1. The van der Waals surface area contributed by atoms with Gasteiger partial charge < -0.3 is 14.7 Å². The molecule has 20 heavy (non-hydrogen) atoms. The van der Waals surface area contributed by atoms with Crippen LogP contribution in [0.2, 0.25) is 0 Å². The van der Waals surface area contributed by atoms with Crippen molar-refractivity contribution in [1.82, 2.24) is 4.90 Å². The van der Waals surface area contributed by atoms with Gasteiger partial charge in [0.05, 0.1) is 6.10 Å². The number of benzene rings is 1. The highest BCUT2D eigenvalue weighted by Gasteiger charge is 2.29. The van der Waals surface area contributed by atoms with E-state index in [1.165, 1.54) is 5.56 Å². The quantitative estimate of drug-likeness (QED) is 0.863. The molecule has 1 aromatic rings. The van der Waals surface area contributed by atoms with Crippen LogP contribution in [0.4, 0.5) is 0 Å². The number of rotatable bonds is 6. The van der Waals surface area contributed by atoms with E-state index in [9.17, 15) is 9.90 Å². The molecule has 0 atom stereocenters. The zero-order valence-electron chi connectivity index (χ0n) is 12.2. The minimum atomic E-state index is -0.170. The minimum absolute atomic E-state index is 0.0201. The summed E-state index contributed by atoms with van der Waals surface area (Å²) in [6.45, 7) is 2.86. The Morgan fingerprint density at radius 2 is 2.20 bits per heavy atom. The van der Waals surface area contributed by atoms with Gasteiger partial charge in [-0.15, -0.1) is 0 Å². The molecule has 0 radical (unpaired) electrons. The molecule has 1 aliphatic carbocycles. The second kappa shape index (κ2) is 6.75. The van der Waals surface area contributed by atoms with Crippen molar-refractivity contribution in [3.8, 4) is 5.75 Å². The minimum Gasteiger partial charge on any atom is -0.484 e. The van der Waals surface area contributed by atoms with Crippen LogP contribution in [-0.2, 0) is 11.2 Å². The van der Waals surface area contributed by atoms with Crippen LogP contribution in [0.1, 0.15) is 25.3 Å². The van der Waals surface area contributed by atoms with Gasteiger partial charge in [0.2, 0.25) is 0 Å². The lowest BCUT2D eigenvalue weighted by molar-refractivity contribution is -0.133. The average Bonchev–Trinajstić information content (AvgIpc) is 2.43. The summed E-state index contributed by atoms with van der Waals surface area (Å²) in [6, 6.07) is 7.82. The Hall–Kier alpha value is -1.55. The highest BCUT2D eigenvalue weighted by Crippen LogP contribution is 2.27. The molecular formula is C16H23NO3. The van der Waals surface area contributed by atoms with E-state index in [1.807, 2.05) is 24.3 Å². The van der Waals surface area contributed by atoms with Gasteiger partial charge in [0, 0.05) is 13.6 Å². The van der Waals surface area contributed by atoms with E-state index in [4.69, 9.17) is 4.74 Å². The Labute approximate surface area is 120 Å². The van der Waals surface area contributed by atoms with Crippen molar-refractivity contribution < 1.29 is 14.6 Å². The molecule has 0 heterocycles. The van der Waals surface area contributed by atoms with Gasteiger partial charge in [-0.2, -0.15) is 0 Å². The van der Waals surface area contributed by atoms with Gasteiger partial charge >= 0.3 is 0 Å². The first-order valence-electron chi connectivity index (χ1n) is 7.22. The third-order valence-electron chi connectivity index (χ3n) is 3.84. The molecule has 0 aromatic heterocycles. The van der Waals surface area contributed by atoms with Crippen LogP contribution >= 0.6 is 0 Å². The van der Waals surface area contributed by atoms with Gasteiger partial charge in [0.15, 0.2) is 6.61 Å². The first kappa shape index (κ1) is 14.9. The zero-order chi connectivity index (χ0) is 14.5. The van der Waals surface area contributed by atoms with Crippen LogP contribution in [0.5, 0.6) is 5.75 Å². The average molecular weight is 277 g/mol. The van der Waals surface area contributed by atoms with E-state index in [1.54, 1.807) is 11.9 Å². The Morgan fingerprint density at radius 1 is 1.45 bits per heavy atom. The number of hydrogen-bond donors (Lipinski definition) is 1. The Morgan fingerprint density at radius 3 is 2.85 bits per heavy atom. The van der Waals surface area contributed by atoms with Crippen molar-refractivity contribution in [1.29, 1.82) is 0 Å². The molecule has 1 aliphatic rings. The molecular weight excluding hydrogens is 254 g/mol. The summed E-state index contributed by atoms with van der Waals surface area (Å²) in [5.74, 6) is 1.15. The monoisotopic (exact) mass is 277 g/mol. The standard InChI is InChI=1S/C16H23NO3/c1-3-12-5-4-6-15(9-12)20-11-16(19)17(2)10-13-7-14(18)8-13/h4-6,9,13-14,18H,3,7-8,10-11H2,1-2H3. The second-order valence-electron chi connectivity index (χ2n) is 5.56. The topological polar surface area (TPSA) is 49.8 Å². The summed E-state index contributed by atoms with van der Waals surface area (Å²) in [5.41, 5.74) is 1.20. The summed E-state index contributed by atoms with van der Waals surface area (Å²) >= 11 is 0. The van der Waals surface area contributed by atoms with E-state index in [2.05, 4.69) is 6.92 Å². The number of amides is 1. The molecule has 0 bridgehead atoms. The normalized spacial score (nSPS) is 21.1. The Balaban J connectivity index is 1.76. The van der Waals surface area contributed by atoms with Gasteiger partial charge in [-0.3, -0.25) is 4.79 Å². The van der Waals surface area contributed by atoms with Gasteiger partial charge in [0.25, 0.3) is 5.91 Å². The van der Waals surface area contributed by atoms with Gasteiger partial charge in [-0.05, 0) is 42.9 Å². The maximum Gasteiger partial charge on any atom is 0.260 e. The number of aliphatic hydroxyl groups excluding tert-OH is 1. The summed E-state index contributed by atoms with van der Waals surface area (Å²) in [4.78, 5) is 13.7. The molecule has 0 spiro atoms.